The van der Waals surface area contributed by atoms with E-state index in [4.69, 9.17) is 9.47 Å². The summed E-state index contributed by atoms with van der Waals surface area (Å²) in [7, 11) is 0. The number of halogens is 2. The molecule has 2 aromatic rings. The van der Waals surface area contributed by atoms with E-state index in [1.54, 1.807) is 13.0 Å². The Morgan fingerprint density at radius 1 is 0.844 bits per heavy atom. The second-order valence-corrected chi connectivity index (χ2v) is 9.52. The van der Waals surface area contributed by atoms with Crippen LogP contribution in [0, 0.1) is 29.4 Å². The molecule has 2 nitrogen and oxygen atoms in total. The Bertz CT molecular complexity index is 864. The van der Waals surface area contributed by atoms with Crippen LogP contribution in [0.25, 0.3) is 11.1 Å². The second-order valence-electron chi connectivity index (χ2n) is 9.52. The molecule has 2 aromatic carbocycles. The summed E-state index contributed by atoms with van der Waals surface area (Å²) in [5.74, 6) is 0.612. The lowest BCUT2D eigenvalue weighted by molar-refractivity contribution is -0.0404. The van der Waals surface area contributed by atoms with Crippen LogP contribution >= 0.6 is 0 Å². The first-order chi connectivity index (χ1) is 15.6. The van der Waals surface area contributed by atoms with E-state index in [-0.39, 0.29) is 17.4 Å². The minimum Gasteiger partial charge on any atom is -0.491 e. The average molecular weight is 443 g/mol. The molecule has 1 saturated heterocycles. The van der Waals surface area contributed by atoms with Gasteiger partial charge in [-0.05, 0) is 73.6 Å². The van der Waals surface area contributed by atoms with E-state index >= 15 is 0 Å². The van der Waals surface area contributed by atoms with Crippen molar-refractivity contribution in [2.75, 3.05) is 13.2 Å². The first-order valence-electron chi connectivity index (χ1n) is 12.4. The van der Waals surface area contributed by atoms with E-state index in [9.17, 15) is 8.78 Å². The van der Waals surface area contributed by atoms with E-state index < -0.39 is 11.6 Å². The quantitative estimate of drug-likeness (QED) is 0.431. The highest BCUT2D eigenvalue weighted by Gasteiger charge is 2.31. The Labute approximate surface area is 191 Å². The number of hydrogen-bond donors (Lipinski definition) is 0. The average Bonchev–Trinajstić information content (AvgIpc) is 2.83. The third-order valence-electron chi connectivity index (χ3n) is 7.51. The fraction of sp³-hybridized carbons (Fsp3) is 0.571. The molecule has 1 saturated carbocycles. The largest absolute Gasteiger partial charge is 0.491 e. The highest BCUT2D eigenvalue weighted by molar-refractivity contribution is 5.65. The molecule has 4 heteroatoms. The van der Waals surface area contributed by atoms with Gasteiger partial charge in [0.25, 0.3) is 0 Å². The molecule has 2 atom stereocenters. The normalized spacial score (nSPS) is 26.1. The number of benzene rings is 2. The summed E-state index contributed by atoms with van der Waals surface area (Å²) >= 11 is 0. The van der Waals surface area contributed by atoms with Gasteiger partial charge in [-0.25, -0.2) is 4.39 Å². The number of ether oxygens (including phenoxy) is 2. The zero-order valence-electron chi connectivity index (χ0n) is 19.4. The summed E-state index contributed by atoms with van der Waals surface area (Å²) < 4.78 is 40.2. The molecule has 0 aromatic heterocycles. The maximum absolute atomic E-state index is 14.5. The van der Waals surface area contributed by atoms with Crippen molar-refractivity contribution in [1.82, 2.24) is 0 Å². The van der Waals surface area contributed by atoms with Crippen LogP contribution in [-0.4, -0.2) is 13.2 Å². The van der Waals surface area contributed by atoms with Gasteiger partial charge >= 0.3 is 0 Å². The van der Waals surface area contributed by atoms with Crippen LogP contribution in [0.15, 0.2) is 36.4 Å². The highest BCUT2D eigenvalue weighted by atomic mass is 19.2. The van der Waals surface area contributed by atoms with Crippen molar-refractivity contribution in [3.63, 3.8) is 0 Å². The van der Waals surface area contributed by atoms with Gasteiger partial charge in [-0.3, -0.25) is 0 Å². The Balaban J connectivity index is 1.34. The van der Waals surface area contributed by atoms with E-state index in [2.05, 4.69) is 6.92 Å². The molecule has 0 spiro atoms. The fourth-order valence-corrected chi connectivity index (χ4v) is 5.66. The molecule has 32 heavy (non-hydrogen) atoms. The van der Waals surface area contributed by atoms with Crippen molar-refractivity contribution in [2.24, 2.45) is 17.8 Å². The van der Waals surface area contributed by atoms with Crippen LogP contribution in [-0.2, 0) is 4.74 Å². The SMILES string of the molecule is CCCC1CCC([C@H]2CC[C@H](c3ccc(-c4ccc(OCC)c(F)c4F)cc3)OC2)CC1. The number of rotatable bonds is 7. The van der Waals surface area contributed by atoms with E-state index in [1.165, 1.54) is 51.0 Å². The van der Waals surface area contributed by atoms with Gasteiger partial charge in [-0.2, -0.15) is 4.39 Å². The lowest BCUT2D eigenvalue weighted by atomic mass is 9.73. The molecule has 1 aliphatic heterocycles. The summed E-state index contributed by atoms with van der Waals surface area (Å²) in [5, 5.41) is 0. The lowest BCUT2D eigenvalue weighted by Crippen LogP contribution is -2.29. The van der Waals surface area contributed by atoms with E-state index in [0.29, 0.717) is 18.1 Å². The van der Waals surface area contributed by atoms with Gasteiger partial charge in [0.05, 0.1) is 19.3 Å². The van der Waals surface area contributed by atoms with Crippen LogP contribution in [0.5, 0.6) is 5.75 Å². The van der Waals surface area contributed by atoms with E-state index in [1.807, 2.05) is 24.3 Å². The Morgan fingerprint density at radius 2 is 1.56 bits per heavy atom. The van der Waals surface area contributed by atoms with Crippen molar-refractivity contribution in [3.05, 3.63) is 53.6 Å². The first kappa shape index (κ1) is 23.2. The summed E-state index contributed by atoms with van der Waals surface area (Å²) in [6.07, 6.45) is 10.6. The molecule has 0 radical (unpaired) electrons. The molecule has 0 amide bonds. The molecule has 0 bridgehead atoms. The predicted octanol–water partition coefficient (Wildman–Crippen LogP) is 8.10. The summed E-state index contributed by atoms with van der Waals surface area (Å²) in [6, 6.07) is 10.8. The van der Waals surface area contributed by atoms with Crippen molar-refractivity contribution >= 4 is 0 Å². The van der Waals surface area contributed by atoms with Crippen molar-refractivity contribution in [2.45, 2.75) is 71.3 Å². The number of hydrogen-bond acceptors (Lipinski definition) is 2. The van der Waals surface area contributed by atoms with Gasteiger partial charge in [0, 0.05) is 5.56 Å². The topological polar surface area (TPSA) is 18.5 Å². The van der Waals surface area contributed by atoms with Crippen LogP contribution in [0.4, 0.5) is 8.78 Å². The molecule has 2 aliphatic rings. The molecule has 4 rings (SSSR count). The van der Waals surface area contributed by atoms with Gasteiger partial charge in [-0.15, -0.1) is 0 Å². The molecule has 0 unspecified atom stereocenters. The van der Waals surface area contributed by atoms with Gasteiger partial charge in [-0.1, -0.05) is 56.9 Å². The zero-order valence-corrected chi connectivity index (χ0v) is 19.4. The predicted molar refractivity (Wildman–Crippen MR) is 125 cm³/mol. The van der Waals surface area contributed by atoms with Crippen LogP contribution in [0.2, 0.25) is 0 Å². The van der Waals surface area contributed by atoms with Crippen LogP contribution in [0.1, 0.15) is 76.9 Å². The first-order valence-corrected chi connectivity index (χ1v) is 12.4. The van der Waals surface area contributed by atoms with Crippen molar-refractivity contribution < 1.29 is 18.3 Å². The van der Waals surface area contributed by atoms with Gasteiger partial charge in [0.1, 0.15) is 0 Å². The summed E-state index contributed by atoms with van der Waals surface area (Å²) in [4.78, 5) is 0. The monoisotopic (exact) mass is 442 g/mol. The summed E-state index contributed by atoms with van der Waals surface area (Å²) in [6.45, 7) is 5.18. The van der Waals surface area contributed by atoms with E-state index in [0.717, 1.165) is 30.4 Å². The maximum Gasteiger partial charge on any atom is 0.201 e. The van der Waals surface area contributed by atoms with Gasteiger partial charge in [0.2, 0.25) is 5.82 Å². The summed E-state index contributed by atoms with van der Waals surface area (Å²) in [5.41, 5.74) is 2.03. The molecule has 0 N–H and O–H groups in total. The smallest absolute Gasteiger partial charge is 0.201 e. The molecule has 1 heterocycles. The third-order valence-corrected chi connectivity index (χ3v) is 7.51. The Hall–Kier alpha value is -1.94. The molecular formula is C28H36F2O2. The maximum atomic E-state index is 14.5. The van der Waals surface area contributed by atoms with Crippen LogP contribution < -0.4 is 4.74 Å². The Morgan fingerprint density at radius 3 is 2.19 bits per heavy atom. The zero-order chi connectivity index (χ0) is 22.5. The minimum atomic E-state index is -0.932. The molecular weight excluding hydrogens is 406 g/mol. The van der Waals surface area contributed by atoms with Crippen molar-refractivity contribution in [3.8, 4) is 16.9 Å². The standard InChI is InChI=1S/C28H36F2O2/c1-3-5-19-6-8-20(9-7-19)23-14-16-25(32-18-23)22-12-10-21(11-13-22)24-15-17-26(31-4-2)28(30)27(24)29/h10-13,15,17,19-20,23,25H,3-9,14,16,18H2,1-2H3/t19?,20?,23-,25+/m0/s1. The molecule has 1 aliphatic carbocycles. The lowest BCUT2D eigenvalue weighted by Gasteiger charge is -2.38. The van der Waals surface area contributed by atoms with Gasteiger partial charge in [0.15, 0.2) is 11.6 Å². The second kappa shape index (κ2) is 10.8. The third kappa shape index (κ3) is 5.17. The molecule has 174 valence electrons. The molecule has 2 fully saturated rings. The minimum absolute atomic E-state index is 0.0469. The van der Waals surface area contributed by atoms with Gasteiger partial charge < -0.3 is 9.47 Å². The fourth-order valence-electron chi connectivity index (χ4n) is 5.66. The van der Waals surface area contributed by atoms with Crippen molar-refractivity contribution in [1.29, 1.82) is 0 Å². The van der Waals surface area contributed by atoms with Crippen LogP contribution in [0.3, 0.4) is 0 Å². The Kier molecular flexibility index (Phi) is 7.83. The highest BCUT2D eigenvalue weighted by Crippen LogP contribution is 2.41.